The fourth-order valence-corrected chi connectivity index (χ4v) is 4.43. The Hall–Kier alpha value is -2.86. The predicted molar refractivity (Wildman–Crippen MR) is 126 cm³/mol. The Morgan fingerprint density at radius 2 is 1.94 bits per heavy atom. The van der Waals surface area contributed by atoms with Gasteiger partial charge in [-0.05, 0) is 61.1 Å². The molecule has 2 heterocycles. The van der Waals surface area contributed by atoms with E-state index in [1.54, 1.807) is 0 Å². The number of carbonyl (C=O) groups excluding carboxylic acids is 2. The van der Waals surface area contributed by atoms with Crippen LogP contribution in [0.1, 0.15) is 42.4 Å². The maximum atomic E-state index is 12.7. The molecule has 0 atom stereocenters. The van der Waals surface area contributed by atoms with E-state index in [0.717, 1.165) is 62.6 Å². The zero-order valence-electron chi connectivity index (χ0n) is 18.9. The highest BCUT2D eigenvalue weighted by Crippen LogP contribution is 2.27. The van der Waals surface area contributed by atoms with Crippen LogP contribution >= 0.6 is 0 Å². The largest absolute Gasteiger partial charge is 0.494 e. The molecule has 32 heavy (non-hydrogen) atoms. The Bertz CT molecular complexity index is 959. The second-order valence-electron chi connectivity index (χ2n) is 8.76. The fourth-order valence-electron chi connectivity index (χ4n) is 4.43. The summed E-state index contributed by atoms with van der Waals surface area (Å²) in [7, 11) is 0. The molecule has 2 aromatic carbocycles. The average molecular weight is 436 g/mol. The molecule has 170 valence electrons. The Labute approximate surface area is 190 Å². The predicted octanol–water partition coefficient (Wildman–Crippen LogP) is 3.77. The lowest BCUT2D eigenvalue weighted by molar-refractivity contribution is -0.131. The first-order chi connectivity index (χ1) is 15.6. The minimum atomic E-state index is 0.0662. The molecule has 6 heteroatoms. The standard InChI is InChI=1S/C26H33N3O3/c1-20-6-2-3-7-22(20)19-28-13-5-14-29(16-15-28)26(31)8-4-17-32-23-10-11-24-21(18-23)9-12-25(30)27-24/h2-3,6-7,10-11,18H,4-5,8-9,12-17,19H2,1H3,(H,27,30). The quantitative estimate of drug-likeness (QED) is 0.673. The van der Waals surface area contributed by atoms with Crippen LogP contribution in [0.5, 0.6) is 5.75 Å². The van der Waals surface area contributed by atoms with Crippen LogP contribution in [-0.4, -0.2) is 54.4 Å². The second kappa shape index (κ2) is 10.6. The third-order valence-electron chi connectivity index (χ3n) is 6.37. The van der Waals surface area contributed by atoms with Gasteiger partial charge in [0.1, 0.15) is 5.75 Å². The van der Waals surface area contributed by atoms with Crippen molar-refractivity contribution in [1.82, 2.24) is 9.80 Å². The molecule has 2 aromatic rings. The number of benzene rings is 2. The topological polar surface area (TPSA) is 61.9 Å². The molecule has 1 N–H and O–H groups in total. The number of aryl methyl sites for hydroxylation is 2. The molecule has 0 aliphatic carbocycles. The Balaban J connectivity index is 1.18. The van der Waals surface area contributed by atoms with Crippen LogP contribution in [0.25, 0.3) is 0 Å². The van der Waals surface area contributed by atoms with E-state index in [1.807, 2.05) is 23.1 Å². The summed E-state index contributed by atoms with van der Waals surface area (Å²) in [4.78, 5) is 28.7. The number of nitrogens with zero attached hydrogens (tertiary/aromatic N) is 2. The number of hydrogen-bond donors (Lipinski definition) is 1. The van der Waals surface area contributed by atoms with Crippen molar-refractivity contribution in [3.8, 4) is 5.75 Å². The molecule has 4 rings (SSSR count). The van der Waals surface area contributed by atoms with Gasteiger partial charge in [-0.25, -0.2) is 0 Å². The first-order valence-electron chi connectivity index (χ1n) is 11.7. The highest BCUT2D eigenvalue weighted by Gasteiger charge is 2.19. The van der Waals surface area contributed by atoms with Crippen molar-refractivity contribution < 1.29 is 14.3 Å². The number of rotatable bonds is 7. The fraction of sp³-hybridized carbons (Fsp3) is 0.462. The zero-order valence-corrected chi connectivity index (χ0v) is 18.9. The molecule has 0 radical (unpaired) electrons. The summed E-state index contributed by atoms with van der Waals surface area (Å²) in [5.41, 5.74) is 4.68. The maximum Gasteiger partial charge on any atom is 0.224 e. The van der Waals surface area contributed by atoms with E-state index in [0.29, 0.717) is 25.9 Å². The summed E-state index contributed by atoms with van der Waals surface area (Å²) in [6.45, 7) is 7.20. The van der Waals surface area contributed by atoms with Gasteiger partial charge in [-0.3, -0.25) is 14.5 Å². The van der Waals surface area contributed by atoms with Crippen LogP contribution in [0, 0.1) is 6.92 Å². The third kappa shape index (κ3) is 5.88. The average Bonchev–Trinajstić information content (AvgIpc) is 3.04. The Kier molecular flexibility index (Phi) is 7.43. The molecule has 2 amide bonds. The van der Waals surface area contributed by atoms with Gasteiger partial charge >= 0.3 is 0 Å². The van der Waals surface area contributed by atoms with E-state index in [1.165, 1.54) is 11.1 Å². The molecule has 0 saturated carbocycles. The normalized spacial score (nSPS) is 16.8. The minimum absolute atomic E-state index is 0.0662. The van der Waals surface area contributed by atoms with Crippen molar-refractivity contribution in [3.05, 3.63) is 59.2 Å². The van der Waals surface area contributed by atoms with Crippen LogP contribution in [0.2, 0.25) is 0 Å². The van der Waals surface area contributed by atoms with Gasteiger partial charge in [0.15, 0.2) is 0 Å². The lowest BCUT2D eigenvalue weighted by Crippen LogP contribution is -2.35. The van der Waals surface area contributed by atoms with Gasteiger partial charge in [0.25, 0.3) is 0 Å². The van der Waals surface area contributed by atoms with Crippen LogP contribution in [-0.2, 0) is 22.6 Å². The highest BCUT2D eigenvalue weighted by molar-refractivity contribution is 5.94. The Morgan fingerprint density at radius 3 is 2.81 bits per heavy atom. The van der Waals surface area contributed by atoms with E-state index >= 15 is 0 Å². The SMILES string of the molecule is Cc1ccccc1CN1CCCN(C(=O)CCCOc2ccc3c(c2)CCC(=O)N3)CC1. The first-order valence-corrected chi connectivity index (χ1v) is 11.7. The molecule has 2 aliphatic heterocycles. The minimum Gasteiger partial charge on any atom is -0.494 e. The van der Waals surface area contributed by atoms with E-state index < -0.39 is 0 Å². The van der Waals surface area contributed by atoms with Crippen molar-refractivity contribution in [3.63, 3.8) is 0 Å². The molecule has 0 spiro atoms. The number of hydrogen-bond acceptors (Lipinski definition) is 4. The number of carbonyl (C=O) groups is 2. The van der Waals surface area contributed by atoms with Gasteiger partial charge in [0, 0.05) is 51.3 Å². The molecule has 0 bridgehead atoms. The molecule has 2 aliphatic rings. The second-order valence-corrected chi connectivity index (χ2v) is 8.76. The van der Waals surface area contributed by atoms with Gasteiger partial charge < -0.3 is 15.0 Å². The van der Waals surface area contributed by atoms with Gasteiger partial charge in [0.2, 0.25) is 11.8 Å². The molecule has 1 saturated heterocycles. The molecule has 6 nitrogen and oxygen atoms in total. The van der Waals surface area contributed by atoms with Crippen LogP contribution < -0.4 is 10.1 Å². The molecule has 0 aromatic heterocycles. The number of nitrogens with one attached hydrogen (secondary N) is 1. The lowest BCUT2D eigenvalue weighted by Gasteiger charge is -2.22. The van der Waals surface area contributed by atoms with Gasteiger partial charge in [-0.15, -0.1) is 0 Å². The summed E-state index contributed by atoms with van der Waals surface area (Å²) in [5, 5.41) is 2.88. The lowest BCUT2D eigenvalue weighted by atomic mass is 10.0. The van der Waals surface area contributed by atoms with Crippen LogP contribution in [0.4, 0.5) is 5.69 Å². The number of amides is 2. The van der Waals surface area contributed by atoms with Gasteiger partial charge in [-0.1, -0.05) is 24.3 Å². The van der Waals surface area contributed by atoms with Gasteiger partial charge in [-0.2, -0.15) is 0 Å². The van der Waals surface area contributed by atoms with E-state index in [4.69, 9.17) is 4.74 Å². The van der Waals surface area contributed by atoms with Gasteiger partial charge in [0.05, 0.1) is 6.61 Å². The van der Waals surface area contributed by atoms with Crippen molar-refractivity contribution in [2.45, 2.75) is 45.6 Å². The van der Waals surface area contributed by atoms with E-state index in [2.05, 4.69) is 41.4 Å². The zero-order chi connectivity index (χ0) is 22.3. The maximum absolute atomic E-state index is 12.7. The smallest absolute Gasteiger partial charge is 0.224 e. The molecule has 0 unspecified atom stereocenters. The van der Waals surface area contributed by atoms with Crippen molar-refractivity contribution in [2.24, 2.45) is 0 Å². The Morgan fingerprint density at radius 1 is 1.06 bits per heavy atom. The number of fused-ring (bicyclic) bond motifs is 1. The van der Waals surface area contributed by atoms with Crippen molar-refractivity contribution in [2.75, 3.05) is 38.1 Å². The van der Waals surface area contributed by atoms with Crippen LogP contribution in [0.15, 0.2) is 42.5 Å². The number of anilines is 1. The van der Waals surface area contributed by atoms with E-state index in [9.17, 15) is 9.59 Å². The molecular formula is C26H33N3O3. The third-order valence-corrected chi connectivity index (χ3v) is 6.37. The summed E-state index contributed by atoms with van der Waals surface area (Å²) >= 11 is 0. The van der Waals surface area contributed by atoms with E-state index in [-0.39, 0.29) is 11.8 Å². The summed E-state index contributed by atoms with van der Waals surface area (Å²) in [6, 6.07) is 14.3. The first kappa shape index (κ1) is 22.3. The molecule has 1 fully saturated rings. The molecular weight excluding hydrogens is 402 g/mol. The summed E-state index contributed by atoms with van der Waals surface area (Å²) in [6.07, 6.45) is 3.49. The summed E-state index contributed by atoms with van der Waals surface area (Å²) in [5.74, 6) is 1.09. The van der Waals surface area contributed by atoms with Crippen molar-refractivity contribution >= 4 is 17.5 Å². The number of ether oxygens (including phenoxy) is 1. The van der Waals surface area contributed by atoms with Crippen molar-refractivity contribution in [1.29, 1.82) is 0 Å². The van der Waals surface area contributed by atoms with Crippen LogP contribution in [0.3, 0.4) is 0 Å². The highest BCUT2D eigenvalue weighted by atomic mass is 16.5. The monoisotopic (exact) mass is 435 g/mol. The summed E-state index contributed by atoms with van der Waals surface area (Å²) < 4.78 is 5.86.